The molecule has 16 rings (SSSR count). The van der Waals surface area contributed by atoms with Gasteiger partial charge < -0.3 is 100 Å². The number of hydrogen-bond donors (Lipinski definition) is 8. The number of ether oxygens (including phenoxy) is 8. The quantitative estimate of drug-likeness (QED) is 0.0108. The Morgan fingerprint density at radius 2 is 0.602 bits per heavy atom. The number of anilines is 4. The van der Waals surface area contributed by atoms with E-state index >= 15 is 0 Å². The van der Waals surface area contributed by atoms with Crippen molar-refractivity contribution in [1.82, 2.24) is 99.3 Å². The summed E-state index contributed by atoms with van der Waals surface area (Å²) < 4.78 is 111. The number of nitrogens with zero attached hydrogens (tertiary/aromatic N) is 16. The Balaban J connectivity index is 0.000000136. The van der Waals surface area contributed by atoms with Gasteiger partial charge in [0.05, 0.1) is 0 Å². The van der Waals surface area contributed by atoms with E-state index in [4.69, 9.17) is 60.8 Å². The molecule has 628 valence electrons. The molecule has 32 nitrogen and oxygen atoms in total. The lowest BCUT2D eigenvalue weighted by atomic mass is 10.1. The molecule has 12 N–H and O–H groups in total. The van der Waals surface area contributed by atoms with Crippen LogP contribution in [0.3, 0.4) is 0 Å². The maximum absolute atomic E-state index is 13.9. The van der Waals surface area contributed by atoms with Crippen LogP contribution in [0.15, 0.2) is 48.5 Å². The summed E-state index contributed by atoms with van der Waals surface area (Å²) in [6, 6.07) is 16.5. The number of nitrogen functional groups attached to an aromatic ring is 4. The molecule has 0 saturated carbocycles. The number of nitrogens with two attached hydrogens (primary N) is 4. The number of aromatic nitrogens is 16. The fourth-order valence-corrected chi connectivity index (χ4v) is 15.9. The van der Waals surface area contributed by atoms with Gasteiger partial charge in [-0.3, -0.25) is 0 Å². The van der Waals surface area contributed by atoms with E-state index in [-0.39, 0.29) is 61.5 Å². The van der Waals surface area contributed by atoms with Crippen molar-refractivity contribution in [2.75, 3.05) is 76.3 Å². The maximum Gasteiger partial charge on any atom is 0.312 e. The normalized spacial score (nSPS) is 13.2. The zero-order valence-electron chi connectivity index (χ0n) is 66.7. The fourth-order valence-electron chi connectivity index (χ4n) is 13.4. The molecule has 0 amide bonds. The van der Waals surface area contributed by atoms with Crippen LogP contribution in [-0.4, -0.2) is 155 Å². The van der Waals surface area contributed by atoms with E-state index in [2.05, 4.69) is 241 Å². The van der Waals surface area contributed by atoms with Crippen LogP contribution >= 0.6 is 90.4 Å². The topological polar surface area (TPSA) is 400 Å². The minimum absolute atomic E-state index is 0.0289. The van der Waals surface area contributed by atoms with Crippen LogP contribution in [-0.2, 0) is 51.9 Å². The van der Waals surface area contributed by atoms with Gasteiger partial charge in [-0.1, -0.05) is 27.7 Å². The van der Waals surface area contributed by atoms with Gasteiger partial charge in [0.2, 0.25) is 27.2 Å². The molecular weight excluding hydrogens is 1990 g/mol. The van der Waals surface area contributed by atoms with Gasteiger partial charge in [-0.25, -0.2) is 19.9 Å². The molecule has 4 aromatic carbocycles. The average molecular weight is 2080 g/mol. The number of rotatable bonds is 26. The van der Waals surface area contributed by atoms with Crippen molar-refractivity contribution in [3.63, 3.8) is 0 Å². The second-order valence-corrected chi connectivity index (χ2v) is 35.4. The lowest BCUT2D eigenvalue weighted by Gasteiger charge is -2.20. The van der Waals surface area contributed by atoms with E-state index < -0.39 is 24.3 Å². The van der Waals surface area contributed by atoms with Crippen LogP contribution < -0.4 is 82.1 Å². The third-order valence-electron chi connectivity index (χ3n) is 18.9. The first-order chi connectivity index (χ1) is 56.3. The van der Waals surface area contributed by atoms with Gasteiger partial charge in [-0.2, -0.15) is 57.4 Å². The van der Waals surface area contributed by atoms with Crippen LogP contribution in [0.25, 0.3) is 44.7 Å². The summed E-state index contributed by atoms with van der Waals surface area (Å²) in [5, 5.41) is 13.7. The molecule has 0 atom stereocenters. The van der Waals surface area contributed by atoms with E-state index in [1.54, 1.807) is 0 Å². The molecule has 0 bridgehead atoms. The second-order valence-electron chi connectivity index (χ2n) is 30.8. The number of fused-ring (bicyclic) bond motifs is 8. The molecule has 40 heteroatoms. The summed E-state index contributed by atoms with van der Waals surface area (Å²) in [6.07, 6.45) is 2.09. The summed E-state index contributed by atoms with van der Waals surface area (Å²) in [5.74, 6) is 9.04. The van der Waals surface area contributed by atoms with Crippen molar-refractivity contribution in [3.8, 4) is 46.0 Å². The van der Waals surface area contributed by atoms with Gasteiger partial charge in [-0.15, -0.1) is 0 Å². The molecule has 4 aliphatic heterocycles. The lowest BCUT2D eigenvalue weighted by molar-refractivity contribution is 0.173. The van der Waals surface area contributed by atoms with Crippen LogP contribution in [0.4, 0.5) is 40.8 Å². The highest BCUT2D eigenvalue weighted by Gasteiger charge is 2.28. The zero-order valence-corrected chi connectivity index (χ0v) is 75.3. The molecule has 8 aromatic heterocycles. The summed E-state index contributed by atoms with van der Waals surface area (Å²) in [6.45, 7) is 27.9. The molecule has 0 spiro atoms. The number of hydrogen-bond acceptors (Lipinski definition) is 28. The standard InChI is InChI=1S/2C20H24FIN6O2.2C19H22FIN6O2/c2*1-20(2,3)24-5-4-6-28-15(25-16-17(23)26-19(21)27-18(16)28)8-11-7-13-14(9-12(11)22)30-10-29-13;2*1-10(2)23-4-3-5-27-15(24-16-17(22)25-19(20)26-18(16)27)7-11-6-13-14(8-12(11)21)29-9-28-13/h2*7,9,24H,4-6,8,10H2,1-3H3,(H2,23,26,27);2*6,8,10,23H,3-5,7,9H2,1-2H3,(H2,22,25,26)/i22+4;22-3;21+4;21-3. The highest BCUT2D eigenvalue weighted by atomic mass is 131. The number of imidazole rings is 4. The first-order valence-electron chi connectivity index (χ1n) is 38.3. The van der Waals surface area contributed by atoms with Gasteiger partial charge in [0, 0.05) is 89.3 Å². The van der Waals surface area contributed by atoms with E-state index in [0.29, 0.717) is 120 Å². The van der Waals surface area contributed by atoms with Gasteiger partial charge in [0.15, 0.2) is 114 Å². The summed E-state index contributed by atoms with van der Waals surface area (Å²) in [4.78, 5) is 49.0. The van der Waals surface area contributed by atoms with E-state index in [0.717, 1.165) is 146 Å². The van der Waals surface area contributed by atoms with Gasteiger partial charge in [0.25, 0.3) is 0 Å². The Labute approximate surface area is 731 Å². The van der Waals surface area contributed by atoms with E-state index in [9.17, 15) is 17.6 Å². The maximum atomic E-state index is 13.9. The number of halogens is 8. The van der Waals surface area contributed by atoms with E-state index in [1.807, 2.05) is 66.8 Å². The van der Waals surface area contributed by atoms with Crippen LogP contribution in [0, 0.1) is 38.6 Å². The van der Waals surface area contributed by atoms with Gasteiger partial charge in [-0.05, 0) is 255 Å². The Morgan fingerprint density at radius 1 is 0.364 bits per heavy atom. The zero-order chi connectivity index (χ0) is 84.0. The second kappa shape index (κ2) is 37.8. The molecule has 0 unspecified atom stereocenters. The summed E-state index contributed by atoms with van der Waals surface area (Å²) in [5.41, 5.74) is 31.3. The first-order valence-corrected chi connectivity index (χ1v) is 42.6. The van der Waals surface area contributed by atoms with Crippen molar-refractivity contribution < 1.29 is 55.5 Å². The van der Waals surface area contributed by atoms with Crippen molar-refractivity contribution in [3.05, 3.63) is 133 Å². The highest BCUT2D eigenvalue weighted by Crippen LogP contribution is 2.41. The summed E-state index contributed by atoms with van der Waals surface area (Å²) in [7, 11) is 0. The minimum atomic E-state index is -0.849. The molecule has 0 aliphatic carbocycles. The average Bonchev–Trinajstić information content (AvgIpc) is 1.64. The Hall–Kier alpha value is -8.84. The molecule has 0 radical (unpaired) electrons. The van der Waals surface area contributed by atoms with Crippen LogP contribution in [0.5, 0.6) is 46.0 Å². The largest absolute Gasteiger partial charge is 0.454 e. The van der Waals surface area contributed by atoms with Crippen LogP contribution in [0.2, 0.25) is 0 Å². The number of benzene rings is 4. The third-order valence-corrected chi connectivity index (χ3v) is 22.9. The molecule has 118 heavy (non-hydrogen) atoms. The first kappa shape index (κ1) is 87.0. The Kier molecular flexibility index (Phi) is 27.9. The lowest BCUT2D eigenvalue weighted by Crippen LogP contribution is -2.36. The summed E-state index contributed by atoms with van der Waals surface area (Å²) >= 11 is 9.08. The minimum Gasteiger partial charge on any atom is -0.454 e. The molecule has 0 saturated heterocycles. The highest BCUT2D eigenvalue weighted by molar-refractivity contribution is 14.1. The van der Waals surface area contributed by atoms with Crippen molar-refractivity contribution in [2.45, 2.75) is 170 Å². The van der Waals surface area contributed by atoms with Gasteiger partial charge >= 0.3 is 24.3 Å². The predicted octanol–water partition coefficient (Wildman–Crippen LogP) is 12.2. The van der Waals surface area contributed by atoms with Crippen molar-refractivity contribution >= 4 is 158 Å². The SMILES string of the molecule is CC(C)(C)NCCCn1c(Cc2cc3c(cc2[124I])OCO3)nc2c(N)nc(F)nc21.CC(C)(C)NCCCn1c(Cc2cc3c(cc2[131I])OCO3)nc2c(N)nc(F)nc21.CC(C)NCCCn1c(Cc2cc3c(cc2[124I])OCO3)nc2c(N)nc(F)nc21.CC(C)NCCCn1c(Cc2cc3c(cc2[131I])OCO3)nc2c(N)nc(F)nc21. The molecule has 0 fully saturated rings. The number of aryl methyl sites for hydroxylation is 4. The van der Waals surface area contributed by atoms with Crippen LogP contribution in [0.1, 0.15) is 140 Å². The monoisotopic (exact) mass is 2080 g/mol. The molecular formula is C78H92F4I4N24O8. The predicted molar refractivity (Wildman–Crippen MR) is 471 cm³/mol. The number of nitrogens with one attached hydrogen (secondary N) is 4. The van der Waals surface area contributed by atoms with E-state index in [1.165, 1.54) is 0 Å². The van der Waals surface area contributed by atoms with Crippen molar-refractivity contribution in [1.29, 1.82) is 0 Å². The molecule has 12 aromatic rings. The smallest absolute Gasteiger partial charge is 0.312 e. The van der Waals surface area contributed by atoms with Crippen molar-refractivity contribution in [2.24, 2.45) is 0 Å². The van der Waals surface area contributed by atoms with Gasteiger partial charge in [0.1, 0.15) is 23.3 Å². The fraction of sp³-hybridized carbons (Fsp3) is 0.436. The molecule has 12 heterocycles. The Bertz CT molecular complexity index is 5320. The molecule has 4 aliphatic rings. The Morgan fingerprint density at radius 3 is 0.864 bits per heavy atom. The third kappa shape index (κ3) is 21.5.